The van der Waals surface area contributed by atoms with Gasteiger partial charge in [-0.1, -0.05) is 27.7 Å². The summed E-state index contributed by atoms with van der Waals surface area (Å²) >= 11 is 0. The third kappa shape index (κ3) is 3.09. The summed E-state index contributed by atoms with van der Waals surface area (Å²) in [6, 6.07) is 3.43. The van der Waals surface area contributed by atoms with E-state index in [9.17, 15) is 22.0 Å². The first-order valence-electron chi connectivity index (χ1n) is 7.20. The van der Waals surface area contributed by atoms with E-state index in [0.717, 1.165) is 18.2 Å². The van der Waals surface area contributed by atoms with Gasteiger partial charge in [0.15, 0.2) is 11.6 Å². The van der Waals surface area contributed by atoms with Gasteiger partial charge in [0.2, 0.25) is 0 Å². The van der Waals surface area contributed by atoms with Crippen LogP contribution in [0.25, 0.3) is 0 Å². The van der Waals surface area contributed by atoms with Gasteiger partial charge >= 0.3 is 0 Å². The number of rotatable bonds is 3. The summed E-state index contributed by atoms with van der Waals surface area (Å²) in [5.41, 5.74) is -1.59. The molecule has 0 amide bonds. The van der Waals surface area contributed by atoms with Crippen LogP contribution >= 0.6 is 0 Å². The molecule has 2 rings (SSSR count). The lowest BCUT2D eigenvalue weighted by Crippen LogP contribution is -2.23. The molecule has 0 atom stereocenters. The molecule has 2 aromatic carbocycles. The molecule has 0 bridgehead atoms. The van der Waals surface area contributed by atoms with Crippen LogP contribution in [0, 0.1) is 29.1 Å². The highest BCUT2D eigenvalue weighted by atomic mass is 19.2. The summed E-state index contributed by atoms with van der Waals surface area (Å²) in [4.78, 5) is 0. The molecule has 2 aromatic rings. The highest BCUT2D eigenvalue weighted by Crippen LogP contribution is 2.36. The fraction of sp³-hybridized carbons (Fsp3) is 0.333. The molecule has 5 heteroatoms. The smallest absolute Gasteiger partial charge is 0.163 e. The van der Waals surface area contributed by atoms with Gasteiger partial charge in [0.1, 0.15) is 17.5 Å². The lowest BCUT2D eigenvalue weighted by Gasteiger charge is -2.27. The van der Waals surface area contributed by atoms with Crippen LogP contribution in [0.5, 0.6) is 0 Å². The molecule has 0 saturated heterocycles. The maximum Gasteiger partial charge on any atom is 0.163 e. The fourth-order valence-corrected chi connectivity index (χ4v) is 2.66. The van der Waals surface area contributed by atoms with Crippen molar-refractivity contribution in [2.75, 3.05) is 0 Å². The number of hydrogen-bond donors (Lipinski definition) is 0. The molecule has 0 N–H and O–H groups in total. The van der Waals surface area contributed by atoms with Crippen LogP contribution in [-0.2, 0) is 5.41 Å². The summed E-state index contributed by atoms with van der Waals surface area (Å²) in [6.07, 6.45) is 0. The molecular weight excluding hydrogens is 311 g/mol. The molecule has 0 aliphatic rings. The van der Waals surface area contributed by atoms with Crippen LogP contribution in [0.2, 0.25) is 0 Å². The van der Waals surface area contributed by atoms with Crippen LogP contribution in [0.15, 0.2) is 24.3 Å². The molecular formula is C18H17F5. The predicted octanol–water partition coefficient (Wildman–Crippen LogP) is 5.83. The summed E-state index contributed by atoms with van der Waals surface area (Å²) < 4.78 is 69.3. The Morgan fingerprint density at radius 3 is 1.78 bits per heavy atom. The van der Waals surface area contributed by atoms with E-state index in [0.29, 0.717) is 6.07 Å². The third-order valence-corrected chi connectivity index (χ3v) is 4.04. The van der Waals surface area contributed by atoms with Crippen LogP contribution in [-0.4, -0.2) is 0 Å². The zero-order valence-electron chi connectivity index (χ0n) is 13.3. The normalized spacial score (nSPS) is 12.1. The highest BCUT2D eigenvalue weighted by molar-refractivity contribution is 5.41. The lowest BCUT2D eigenvalue weighted by atomic mass is 9.77. The highest BCUT2D eigenvalue weighted by Gasteiger charge is 2.31. The maximum atomic E-state index is 14.2. The Morgan fingerprint density at radius 2 is 1.30 bits per heavy atom. The van der Waals surface area contributed by atoms with Crippen molar-refractivity contribution in [2.45, 2.75) is 39.0 Å². The van der Waals surface area contributed by atoms with Crippen LogP contribution in [0.4, 0.5) is 22.0 Å². The molecule has 0 aliphatic heterocycles. The molecule has 0 saturated carbocycles. The Bertz CT molecular complexity index is 724. The monoisotopic (exact) mass is 328 g/mol. The minimum absolute atomic E-state index is 0.0737. The van der Waals surface area contributed by atoms with Gasteiger partial charge in [-0.3, -0.25) is 0 Å². The van der Waals surface area contributed by atoms with E-state index >= 15 is 0 Å². The fourth-order valence-electron chi connectivity index (χ4n) is 2.66. The van der Waals surface area contributed by atoms with Crippen molar-refractivity contribution < 1.29 is 22.0 Å². The van der Waals surface area contributed by atoms with Gasteiger partial charge < -0.3 is 0 Å². The quantitative estimate of drug-likeness (QED) is 0.491. The van der Waals surface area contributed by atoms with Crippen LogP contribution < -0.4 is 0 Å². The first-order chi connectivity index (χ1) is 10.6. The van der Waals surface area contributed by atoms with Crippen molar-refractivity contribution in [1.82, 2.24) is 0 Å². The molecule has 23 heavy (non-hydrogen) atoms. The summed E-state index contributed by atoms with van der Waals surface area (Å²) in [7, 11) is 0. The van der Waals surface area contributed by atoms with Crippen molar-refractivity contribution in [3.05, 3.63) is 70.0 Å². The van der Waals surface area contributed by atoms with E-state index in [4.69, 9.17) is 0 Å². The van der Waals surface area contributed by atoms with Crippen molar-refractivity contribution in [3.8, 4) is 0 Å². The van der Waals surface area contributed by atoms with Crippen LogP contribution in [0.3, 0.4) is 0 Å². The molecule has 0 aliphatic carbocycles. The van der Waals surface area contributed by atoms with Gasteiger partial charge in [0.25, 0.3) is 0 Å². The second-order valence-corrected chi connectivity index (χ2v) is 6.38. The minimum atomic E-state index is -1.34. The molecule has 0 heterocycles. The molecule has 0 fully saturated rings. The Labute approximate surface area is 132 Å². The van der Waals surface area contributed by atoms with Gasteiger partial charge in [0, 0.05) is 22.6 Å². The van der Waals surface area contributed by atoms with E-state index in [2.05, 4.69) is 0 Å². The molecule has 0 aromatic heterocycles. The predicted molar refractivity (Wildman–Crippen MR) is 78.9 cm³/mol. The Hall–Kier alpha value is -1.91. The minimum Gasteiger partial charge on any atom is -0.207 e. The second-order valence-electron chi connectivity index (χ2n) is 6.38. The standard InChI is InChI=1S/C18H17F5/c1-9(2)16-13(20)5-10(6-14(16)21)18(3,4)12-7-11(19)8-15(22)17(12)23/h5-9H,1-4H3. The Kier molecular flexibility index (Phi) is 4.51. The summed E-state index contributed by atoms with van der Waals surface area (Å²) in [6.45, 7) is 6.20. The number of hydrogen-bond acceptors (Lipinski definition) is 0. The van der Waals surface area contributed by atoms with E-state index in [1.165, 1.54) is 13.8 Å². The van der Waals surface area contributed by atoms with Crippen molar-refractivity contribution in [2.24, 2.45) is 0 Å². The second kappa shape index (κ2) is 5.95. The first kappa shape index (κ1) is 17.4. The third-order valence-electron chi connectivity index (χ3n) is 4.04. The summed E-state index contributed by atoms with van der Waals surface area (Å²) in [5.74, 6) is -5.42. The van der Waals surface area contributed by atoms with E-state index in [1.807, 2.05) is 0 Å². The van der Waals surface area contributed by atoms with E-state index < -0.39 is 34.5 Å². The molecule has 0 unspecified atom stereocenters. The first-order valence-corrected chi connectivity index (χ1v) is 7.20. The average molecular weight is 328 g/mol. The summed E-state index contributed by atoms with van der Waals surface area (Å²) in [5, 5.41) is 0. The largest absolute Gasteiger partial charge is 0.207 e. The number of halogens is 5. The van der Waals surface area contributed by atoms with Crippen molar-refractivity contribution >= 4 is 0 Å². The van der Waals surface area contributed by atoms with Gasteiger partial charge in [0.05, 0.1) is 0 Å². The van der Waals surface area contributed by atoms with Gasteiger partial charge in [-0.15, -0.1) is 0 Å². The van der Waals surface area contributed by atoms with Crippen molar-refractivity contribution in [3.63, 3.8) is 0 Å². The molecule has 124 valence electrons. The van der Waals surface area contributed by atoms with Gasteiger partial charge in [-0.05, 0) is 29.7 Å². The zero-order chi connectivity index (χ0) is 17.5. The molecule has 0 radical (unpaired) electrons. The average Bonchev–Trinajstić information content (AvgIpc) is 2.41. The SMILES string of the molecule is CC(C)c1c(F)cc(C(C)(C)c2cc(F)cc(F)c2F)cc1F. The van der Waals surface area contributed by atoms with Gasteiger partial charge in [-0.2, -0.15) is 0 Å². The molecule has 0 nitrogen and oxygen atoms in total. The van der Waals surface area contributed by atoms with E-state index in [-0.39, 0.29) is 22.6 Å². The Morgan fingerprint density at radius 1 is 0.783 bits per heavy atom. The van der Waals surface area contributed by atoms with E-state index in [1.54, 1.807) is 13.8 Å². The van der Waals surface area contributed by atoms with Gasteiger partial charge in [-0.25, -0.2) is 22.0 Å². The van der Waals surface area contributed by atoms with Crippen LogP contribution in [0.1, 0.15) is 50.3 Å². The lowest BCUT2D eigenvalue weighted by molar-refractivity contribution is 0.459. The topological polar surface area (TPSA) is 0 Å². The number of benzene rings is 2. The Balaban J connectivity index is 2.66. The van der Waals surface area contributed by atoms with Crippen molar-refractivity contribution in [1.29, 1.82) is 0 Å². The maximum absolute atomic E-state index is 14.2. The zero-order valence-corrected chi connectivity index (χ0v) is 13.3. The molecule has 0 spiro atoms.